The van der Waals surface area contributed by atoms with Gasteiger partial charge in [0.15, 0.2) is 0 Å². The Kier molecular flexibility index (Phi) is 9.26. The third kappa shape index (κ3) is 7.74. The minimum atomic E-state index is -2.41. The molecule has 0 heterocycles. The number of allylic oxidation sites excluding steroid dienone is 5. The minimum absolute atomic E-state index is 0.0353. The van der Waals surface area contributed by atoms with E-state index in [1.54, 1.807) is 19.4 Å². The van der Waals surface area contributed by atoms with Crippen molar-refractivity contribution >= 4 is 13.0 Å². The Labute approximate surface area is 134 Å². The molecule has 0 saturated heterocycles. The van der Waals surface area contributed by atoms with E-state index in [0.29, 0.717) is 11.5 Å². The molecule has 1 atom stereocenters. The van der Waals surface area contributed by atoms with Crippen molar-refractivity contribution in [3.8, 4) is 0 Å². The summed E-state index contributed by atoms with van der Waals surface area (Å²) in [6.45, 7) is 11.1. The molecule has 0 aliphatic rings. The molecule has 5 nitrogen and oxygen atoms in total. The molecule has 0 aromatic heterocycles. The summed E-state index contributed by atoms with van der Waals surface area (Å²) in [5.41, 5.74) is 2.23. The van der Waals surface area contributed by atoms with E-state index in [-0.39, 0.29) is 12.3 Å². The van der Waals surface area contributed by atoms with Gasteiger partial charge in [-0.05, 0) is 51.2 Å². The highest BCUT2D eigenvalue weighted by atomic mass is 31.2. The average Bonchev–Trinajstić information content (AvgIpc) is 2.43. The summed E-state index contributed by atoms with van der Waals surface area (Å²) < 4.78 is 12.4. The number of amides is 1. The van der Waals surface area contributed by atoms with Crippen LogP contribution in [0.1, 0.15) is 26.7 Å². The van der Waals surface area contributed by atoms with Gasteiger partial charge in [-0.25, -0.2) is 5.06 Å². The van der Waals surface area contributed by atoms with E-state index in [2.05, 4.69) is 11.9 Å². The summed E-state index contributed by atoms with van der Waals surface area (Å²) in [7, 11) is -1.14. The third-order valence-corrected chi connectivity index (χ3v) is 5.41. The van der Waals surface area contributed by atoms with Gasteiger partial charge in [0.2, 0.25) is 0 Å². The van der Waals surface area contributed by atoms with Crippen LogP contribution < -0.4 is 5.32 Å². The maximum atomic E-state index is 12.4. The lowest BCUT2D eigenvalue weighted by Gasteiger charge is -2.23. The topological polar surface area (TPSA) is 69.6 Å². The van der Waals surface area contributed by atoms with Gasteiger partial charge in [0, 0.05) is 7.05 Å². The van der Waals surface area contributed by atoms with Crippen LogP contribution in [-0.4, -0.2) is 48.9 Å². The third-order valence-electron chi connectivity index (χ3n) is 3.47. The van der Waals surface area contributed by atoms with Crippen molar-refractivity contribution in [2.45, 2.75) is 32.5 Å². The second kappa shape index (κ2) is 9.78. The van der Waals surface area contributed by atoms with Crippen LogP contribution in [0, 0.1) is 0 Å². The molecule has 0 aromatic carbocycles. The fourth-order valence-electron chi connectivity index (χ4n) is 1.99. The molecule has 0 radical (unpaired) electrons. The van der Waals surface area contributed by atoms with Crippen molar-refractivity contribution < 1.29 is 14.6 Å². The molecule has 6 heteroatoms. The summed E-state index contributed by atoms with van der Waals surface area (Å²) in [5.74, 6) is -0.723. The highest BCUT2D eigenvalue weighted by Gasteiger charge is 2.23. The Morgan fingerprint density at radius 1 is 1.45 bits per heavy atom. The predicted octanol–water partition coefficient (Wildman–Crippen LogP) is 3.23. The second-order valence-corrected chi connectivity index (χ2v) is 9.19. The van der Waals surface area contributed by atoms with Crippen molar-refractivity contribution in [2.75, 3.05) is 26.9 Å². The van der Waals surface area contributed by atoms with Crippen molar-refractivity contribution in [3.63, 3.8) is 0 Å². The van der Waals surface area contributed by atoms with Gasteiger partial charge in [0.05, 0.1) is 19.5 Å². The first-order valence-electron chi connectivity index (χ1n) is 7.31. The molecule has 0 aliphatic heterocycles. The number of carbonyl (C=O) groups excluding carboxylic acids is 1. The number of nitrogens with zero attached hydrogens (tertiary/aromatic N) is 1. The van der Waals surface area contributed by atoms with Crippen molar-refractivity contribution in [1.29, 1.82) is 0 Å². The van der Waals surface area contributed by atoms with Crippen LogP contribution in [-0.2, 0) is 9.36 Å². The molecule has 0 rings (SSSR count). The molecule has 2 N–H and O–H groups in total. The molecular formula is C16H29N2O3P. The maximum Gasteiger partial charge on any atom is 0.259 e. The molecular weight excluding hydrogens is 299 g/mol. The Bertz CT molecular complexity index is 490. The zero-order valence-electron chi connectivity index (χ0n) is 14.3. The van der Waals surface area contributed by atoms with E-state index in [4.69, 9.17) is 5.21 Å². The minimum Gasteiger partial charge on any atom is -0.323 e. The number of carbonyl (C=O) groups is 1. The maximum absolute atomic E-state index is 12.4. The summed E-state index contributed by atoms with van der Waals surface area (Å²) in [6, 6.07) is 0. The first-order chi connectivity index (χ1) is 10.1. The second-order valence-electron chi connectivity index (χ2n) is 5.70. The zero-order chi connectivity index (χ0) is 17.3. The van der Waals surface area contributed by atoms with Gasteiger partial charge >= 0.3 is 0 Å². The quantitative estimate of drug-likeness (QED) is 0.295. The van der Waals surface area contributed by atoms with Crippen LogP contribution in [0.15, 0.2) is 36.0 Å². The molecule has 0 fully saturated rings. The van der Waals surface area contributed by atoms with E-state index < -0.39 is 13.0 Å². The SMILES string of the molecule is C=C/C(C)=C(\C=C/C)CCC(NCC(=O)N(C)O)P(C)(C)=O. The molecule has 0 saturated carbocycles. The first kappa shape index (κ1) is 20.8. The van der Waals surface area contributed by atoms with Crippen LogP contribution >= 0.6 is 7.14 Å². The fraction of sp³-hybridized carbons (Fsp3) is 0.562. The van der Waals surface area contributed by atoms with E-state index >= 15 is 0 Å². The molecule has 0 aliphatic carbocycles. The lowest BCUT2D eigenvalue weighted by atomic mass is 10.0. The van der Waals surface area contributed by atoms with Gasteiger partial charge in [0.1, 0.15) is 0 Å². The number of hydrogen-bond acceptors (Lipinski definition) is 4. The number of nitrogens with one attached hydrogen (secondary N) is 1. The van der Waals surface area contributed by atoms with E-state index in [1.165, 1.54) is 7.05 Å². The Morgan fingerprint density at radius 3 is 2.45 bits per heavy atom. The lowest BCUT2D eigenvalue weighted by molar-refractivity contribution is -0.158. The summed E-state index contributed by atoms with van der Waals surface area (Å²) in [4.78, 5) is 11.5. The van der Waals surface area contributed by atoms with Gasteiger partial charge in [-0.15, -0.1) is 0 Å². The van der Waals surface area contributed by atoms with Gasteiger partial charge < -0.3 is 4.57 Å². The van der Waals surface area contributed by atoms with Crippen LogP contribution in [0.4, 0.5) is 0 Å². The van der Waals surface area contributed by atoms with Crippen molar-refractivity contribution in [3.05, 3.63) is 36.0 Å². The molecule has 22 heavy (non-hydrogen) atoms. The molecule has 1 unspecified atom stereocenters. The van der Waals surface area contributed by atoms with Gasteiger partial charge in [-0.3, -0.25) is 15.3 Å². The summed E-state index contributed by atoms with van der Waals surface area (Å²) >= 11 is 0. The standard InChI is InChI=1S/C16H29N2O3P/c1-7-9-14(13(3)8-2)10-11-15(22(5,6)21)17-12-16(19)18(4)20/h7-9,15,17,20H,2,10-12H2,1,3-6H3/b9-7-,14-13+. The highest BCUT2D eigenvalue weighted by molar-refractivity contribution is 7.63. The largest absolute Gasteiger partial charge is 0.323 e. The molecule has 1 amide bonds. The molecule has 0 bridgehead atoms. The fourth-order valence-corrected chi connectivity index (χ4v) is 3.27. The monoisotopic (exact) mass is 328 g/mol. The lowest BCUT2D eigenvalue weighted by Crippen LogP contribution is -2.38. The Morgan fingerprint density at radius 2 is 2.05 bits per heavy atom. The average molecular weight is 328 g/mol. The van der Waals surface area contributed by atoms with Gasteiger partial charge in [0.25, 0.3) is 5.91 Å². The van der Waals surface area contributed by atoms with Crippen LogP contribution in [0.5, 0.6) is 0 Å². The van der Waals surface area contributed by atoms with Gasteiger partial charge in [-0.1, -0.05) is 24.8 Å². The summed E-state index contributed by atoms with van der Waals surface area (Å²) in [5, 5.41) is 12.6. The number of likely N-dealkylation sites (N-methyl/N-ethyl adjacent to an activating group) is 1. The van der Waals surface area contributed by atoms with Gasteiger partial charge in [-0.2, -0.15) is 0 Å². The first-order valence-corrected chi connectivity index (χ1v) is 9.98. The Hall–Kier alpha value is -1.16. The predicted molar refractivity (Wildman–Crippen MR) is 92.7 cm³/mol. The van der Waals surface area contributed by atoms with Crippen molar-refractivity contribution in [1.82, 2.24) is 10.4 Å². The van der Waals surface area contributed by atoms with E-state index in [9.17, 15) is 9.36 Å². The molecule has 0 aromatic rings. The number of hydroxylamine groups is 2. The van der Waals surface area contributed by atoms with E-state index in [1.807, 2.05) is 26.0 Å². The highest BCUT2D eigenvalue weighted by Crippen LogP contribution is 2.43. The normalized spacial score (nSPS) is 14.6. The Balaban J connectivity index is 4.91. The molecule has 0 spiro atoms. The van der Waals surface area contributed by atoms with Crippen LogP contribution in [0.2, 0.25) is 0 Å². The van der Waals surface area contributed by atoms with Crippen LogP contribution in [0.25, 0.3) is 0 Å². The van der Waals surface area contributed by atoms with Crippen molar-refractivity contribution in [2.24, 2.45) is 0 Å². The smallest absolute Gasteiger partial charge is 0.259 e. The number of hydrogen-bond donors (Lipinski definition) is 2. The van der Waals surface area contributed by atoms with E-state index in [0.717, 1.165) is 17.6 Å². The summed E-state index contributed by atoms with van der Waals surface area (Å²) in [6.07, 6.45) is 7.19. The number of rotatable bonds is 9. The molecule has 126 valence electrons. The van der Waals surface area contributed by atoms with Crippen LogP contribution in [0.3, 0.4) is 0 Å². The zero-order valence-corrected chi connectivity index (χ0v) is 15.2.